The van der Waals surface area contributed by atoms with Crippen molar-refractivity contribution in [3.63, 3.8) is 0 Å². The van der Waals surface area contributed by atoms with Crippen molar-refractivity contribution in [2.45, 2.75) is 12.5 Å². The van der Waals surface area contributed by atoms with E-state index in [1.807, 2.05) is 0 Å². The Morgan fingerprint density at radius 3 is 3.00 bits per heavy atom. The van der Waals surface area contributed by atoms with Crippen LogP contribution in [0.3, 0.4) is 0 Å². The smallest absolute Gasteiger partial charge is 0.420 e. The summed E-state index contributed by atoms with van der Waals surface area (Å²) in [6.45, 7) is 1.49. The summed E-state index contributed by atoms with van der Waals surface area (Å²) in [5, 5.41) is 15.1. The molecule has 0 radical (unpaired) electrons. The minimum atomic E-state index is -3.91. The van der Waals surface area contributed by atoms with Crippen LogP contribution in [-0.2, 0) is 0 Å². The topological polar surface area (TPSA) is 61.7 Å². The number of hydrogen-bond acceptors (Lipinski definition) is 3. The highest BCUT2D eigenvalue weighted by Crippen LogP contribution is 2.31. The van der Waals surface area contributed by atoms with Crippen LogP contribution in [0.15, 0.2) is 12.1 Å². The fourth-order valence-corrected chi connectivity index (χ4v) is 1.46. The lowest BCUT2D eigenvalue weighted by atomic mass is 10.1. The molecule has 88 valence electrons. The Hall–Kier alpha value is -1.87. The Balaban J connectivity index is 2.71. The van der Waals surface area contributed by atoms with E-state index in [-0.39, 0.29) is 22.9 Å². The predicted molar refractivity (Wildman–Crippen MR) is 57.0 cm³/mol. The molecule has 4 nitrogen and oxygen atoms in total. The number of halogens is 3. The molecule has 0 spiro atoms. The molecule has 0 aliphatic carbocycles. The van der Waals surface area contributed by atoms with Gasteiger partial charge in [-0.25, -0.2) is 0 Å². The van der Waals surface area contributed by atoms with E-state index in [0.717, 1.165) is 0 Å². The predicted octanol–water partition coefficient (Wildman–Crippen LogP) is 2.91. The summed E-state index contributed by atoms with van der Waals surface area (Å²) < 4.78 is 37.3. The molecule has 1 aromatic carbocycles. The molecule has 0 aliphatic rings. The maximum atomic E-state index is 12.6. The van der Waals surface area contributed by atoms with Gasteiger partial charge in [-0.15, -0.1) is 8.78 Å². The second-order valence-electron chi connectivity index (χ2n) is 3.30. The molecule has 1 heterocycles. The zero-order valence-corrected chi connectivity index (χ0v) is 9.27. The van der Waals surface area contributed by atoms with Crippen molar-refractivity contribution in [2.75, 3.05) is 0 Å². The Bertz CT molecular complexity index is 660. The lowest BCUT2D eigenvalue weighted by Gasteiger charge is -2.12. The third-order valence-electron chi connectivity index (χ3n) is 2.08. The summed E-state index contributed by atoms with van der Waals surface area (Å²) in [5.74, 6) is -0.375. The molecule has 2 rings (SSSR count). The maximum absolute atomic E-state index is 12.6. The van der Waals surface area contributed by atoms with Crippen LogP contribution in [0.2, 0.25) is 0 Å². The van der Waals surface area contributed by atoms with E-state index >= 15 is 0 Å². The number of hydrogen-bond donors (Lipinski definition) is 1. The van der Waals surface area contributed by atoms with Crippen molar-refractivity contribution >= 4 is 22.5 Å². The van der Waals surface area contributed by atoms with E-state index < -0.39 is 5.57 Å². The highest BCUT2D eigenvalue weighted by atomic mass is 35.5. The van der Waals surface area contributed by atoms with Gasteiger partial charge in [0.1, 0.15) is 11.8 Å². The second kappa shape index (κ2) is 3.86. The van der Waals surface area contributed by atoms with E-state index in [9.17, 15) is 8.78 Å². The van der Waals surface area contributed by atoms with Gasteiger partial charge < -0.3 is 4.74 Å². The Kier molecular flexibility index (Phi) is 2.34. The molecule has 1 N–H and O–H groups in total. The molecule has 0 unspecified atom stereocenters. The van der Waals surface area contributed by atoms with Crippen molar-refractivity contribution < 1.29 is 14.9 Å². The molecule has 0 saturated carbocycles. The van der Waals surface area contributed by atoms with Gasteiger partial charge in [0.15, 0.2) is 5.69 Å². The van der Waals surface area contributed by atoms with Gasteiger partial charge in [-0.05, 0) is 24.6 Å². The van der Waals surface area contributed by atoms with Crippen LogP contribution in [0.5, 0.6) is 5.75 Å². The van der Waals surface area contributed by atoms with E-state index in [4.69, 9.17) is 6.63 Å². The first-order chi connectivity index (χ1) is 8.33. The van der Waals surface area contributed by atoms with Crippen molar-refractivity contribution in [1.82, 2.24) is 10.2 Å². The molecule has 7 heteroatoms. The zero-order chi connectivity index (χ0) is 13.5. The average molecular weight is 259 g/mol. The molecule has 2 aromatic rings. The molecular formula is C10H6ClF2N3O. The van der Waals surface area contributed by atoms with Gasteiger partial charge in [0, 0.05) is 17.0 Å². The first-order valence-corrected chi connectivity index (χ1v) is 4.85. The summed E-state index contributed by atoms with van der Waals surface area (Å²) >= 11 is 4.68. The van der Waals surface area contributed by atoms with Gasteiger partial charge in [-0.1, -0.05) is 0 Å². The first kappa shape index (κ1) is 10.3. The summed E-state index contributed by atoms with van der Waals surface area (Å²) in [6.07, 6.45) is 0. The summed E-state index contributed by atoms with van der Waals surface area (Å²) in [5.41, 5.74) is -3.27. The van der Waals surface area contributed by atoms with Gasteiger partial charge in [0.2, 0.25) is 0 Å². The van der Waals surface area contributed by atoms with E-state index in [0.29, 0.717) is 11.1 Å². The molecule has 1 aromatic heterocycles. The van der Waals surface area contributed by atoms with Crippen molar-refractivity contribution in [2.24, 2.45) is 0 Å². The van der Waals surface area contributed by atoms with E-state index in [2.05, 4.69) is 26.5 Å². The number of ether oxygens (including phenoxy) is 1. The number of nitrogens with zero attached hydrogens (tertiary/aromatic N) is 2. The maximum Gasteiger partial charge on any atom is 0.487 e. The van der Waals surface area contributed by atoms with Crippen LogP contribution < -0.4 is 4.74 Å². The number of aryl methyl sites for hydroxylation is 1. The van der Waals surface area contributed by atoms with Crippen LogP contribution in [-0.4, -0.2) is 15.8 Å². The van der Waals surface area contributed by atoms with Crippen LogP contribution in [0.4, 0.5) is 8.78 Å². The quantitative estimate of drug-likeness (QED) is 0.843. The number of fused-ring (bicyclic) bond motifs is 1. The molecule has 0 fully saturated rings. The third kappa shape index (κ3) is 2.29. The van der Waals surface area contributed by atoms with Crippen molar-refractivity contribution in [3.8, 4) is 11.8 Å². The average Bonchev–Trinajstić information content (AvgIpc) is 2.65. The van der Waals surface area contributed by atoms with Crippen LogP contribution >= 0.6 is 11.6 Å². The minimum absolute atomic E-state index is 0.0576. The van der Waals surface area contributed by atoms with Gasteiger partial charge in [-0.3, -0.25) is 5.10 Å². The number of benzene rings is 1. The molecule has 0 atom stereocenters. The molecule has 0 bridgehead atoms. The molecule has 0 aliphatic heterocycles. The fourth-order valence-electron chi connectivity index (χ4n) is 1.38. The normalized spacial score (nSPS) is 12.3. The van der Waals surface area contributed by atoms with Crippen LogP contribution in [0, 0.1) is 18.3 Å². The number of nitrogens with one attached hydrogen (secondary N) is 1. The summed E-state index contributed by atoms with van der Waals surface area (Å²) in [4.78, 5) is 0. The van der Waals surface area contributed by atoms with Crippen LogP contribution in [0.25, 0.3) is 10.9 Å². The number of nitriles is 1. The highest BCUT2D eigenvalue weighted by Gasteiger charge is 2.28. The molecular weight excluding hydrogens is 252 g/mol. The number of H-pyrrole nitrogens is 1. The van der Waals surface area contributed by atoms with Crippen molar-refractivity contribution in [3.05, 3.63) is 23.4 Å². The largest absolute Gasteiger partial charge is 0.487 e. The van der Waals surface area contributed by atoms with Gasteiger partial charge in [0.25, 0.3) is 0 Å². The Morgan fingerprint density at radius 2 is 2.41 bits per heavy atom. The molecule has 0 amide bonds. The fraction of sp³-hybridized carbons (Fsp3) is 0.200. The highest BCUT2D eigenvalue weighted by molar-refractivity contribution is 6.20. The van der Waals surface area contributed by atoms with Crippen molar-refractivity contribution in [1.29, 1.82) is 5.26 Å². The monoisotopic (exact) mass is 258 g/mol. The van der Waals surface area contributed by atoms with Crippen LogP contribution in [0.1, 0.15) is 12.6 Å². The number of rotatable bonds is 2. The number of aromatic amines is 1. The zero-order valence-electron chi connectivity index (χ0n) is 9.51. The molecule has 0 saturated heterocycles. The minimum Gasteiger partial charge on any atom is -0.420 e. The molecule has 17 heavy (non-hydrogen) atoms. The van der Waals surface area contributed by atoms with Gasteiger partial charge in [-0.2, -0.15) is 10.4 Å². The van der Waals surface area contributed by atoms with Gasteiger partial charge >= 0.3 is 5.57 Å². The summed E-state index contributed by atoms with van der Waals surface area (Å²) in [7, 11) is 0. The Labute approximate surface area is 101 Å². The Morgan fingerprint density at radius 1 is 1.71 bits per heavy atom. The lowest BCUT2D eigenvalue weighted by molar-refractivity contribution is -0.0967. The van der Waals surface area contributed by atoms with Gasteiger partial charge in [0.05, 0.1) is 6.89 Å². The van der Waals surface area contributed by atoms with E-state index in [1.54, 1.807) is 6.07 Å². The standard InChI is InChI=1S/C10H6ClF2N3O/c1-5-2-7-6(8(4-14)16-15-7)3-9(5)17-10(11,12)13/h2-3H,1H3,(H,15,16)/i3D. The summed E-state index contributed by atoms with van der Waals surface area (Å²) in [6, 6.07) is 2.87. The SMILES string of the molecule is [2H]c1c(OC(F)(F)Cl)c(C)cc2[nH]nc(C#N)c12. The number of aromatic nitrogens is 2. The van der Waals surface area contributed by atoms with E-state index in [1.165, 1.54) is 13.0 Å². The first-order valence-electron chi connectivity index (χ1n) is 4.97. The second-order valence-corrected chi connectivity index (χ2v) is 3.74. The third-order valence-corrected chi connectivity index (χ3v) is 2.15. The number of alkyl halides is 3. The lowest BCUT2D eigenvalue weighted by Crippen LogP contribution is -2.16.